The lowest BCUT2D eigenvalue weighted by atomic mass is 9.68. The van der Waals surface area contributed by atoms with Crippen molar-refractivity contribution in [2.45, 2.75) is 71.9 Å². The number of nitrogens with zero attached hydrogens (tertiary/aromatic N) is 2. The fourth-order valence-electron chi connectivity index (χ4n) is 3.68. The van der Waals surface area contributed by atoms with Crippen molar-refractivity contribution in [1.82, 2.24) is 4.90 Å². The minimum Gasteiger partial charge on any atom is -0.465 e. The predicted molar refractivity (Wildman–Crippen MR) is 74.8 cm³/mol. The van der Waals surface area contributed by atoms with Gasteiger partial charge < -0.3 is 5.11 Å². The van der Waals surface area contributed by atoms with Gasteiger partial charge in [-0.05, 0) is 51.9 Å². The molecule has 0 saturated heterocycles. The molecule has 4 nitrogen and oxygen atoms in total. The molecule has 2 atom stereocenters. The average Bonchev–Trinajstić information content (AvgIpc) is 2.39. The molecule has 0 unspecified atom stereocenters. The highest BCUT2D eigenvalue weighted by atomic mass is 16.4. The van der Waals surface area contributed by atoms with E-state index in [9.17, 15) is 9.90 Å². The maximum Gasteiger partial charge on any atom is 0.408 e. The quantitative estimate of drug-likeness (QED) is 0.825. The third kappa shape index (κ3) is 2.43. The van der Waals surface area contributed by atoms with Crippen LogP contribution in [0.1, 0.15) is 60.8 Å². The Morgan fingerprint density at radius 3 is 2.32 bits per heavy atom. The van der Waals surface area contributed by atoms with Gasteiger partial charge in [-0.15, -0.1) is 0 Å². The lowest BCUT2D eigenvalue weighted by Crippen LogP contribution is -2.62. The van der Waals surface area contributed by atoms with Gasteiger partial charge in [0.2, 0.25) is 0 Å². The summed E-state index contributed by atoms with van der Waals surface area (Å²) in [5.41, 5.74) is -1.08. The van der Waals surface area contributed by atoms with Crippen molar-refractivity contribution in [3.8, 4) is 6.07 Å². The number of hydrogen-bond acceptors (Lipinski definition) is 2. The Morgan fingerprint density at radius 2 is 1.95 bits per heavy atom. The molecule has 0 spiro atoms. The van der Waals surface area contributed by atoms with Gasteiger partial charge in [0.25, 0.3) is 0 Å². The van der Waals surface area contributed by atoms with Gasteiger partial charge in [-0.2, -0.15) is 5.26 Å². The summed E-state index contributed by atoms with van der Waals surface area (Å²) in [7, 11) is 0. The van der Waals surface area contributed by atoms with Crippen molar-refractivity contribution in [2.24, 2.45) is 11.3 Å². The Bertz CT molecular complexity index is 403. The van der Waals surface area contributed by atoms with E-state index in [0.717, 1.165) is 12.8 Å². The first-order valence-corrected chi connectivity index (χ1v) is 6.88. The fourth-order valence-corrected chi connectivity index (χ4v) is 3.68. The first kappa shape index (κ1) is 15.8. The second kappa shape index (κ2) is 4.70. The summed E-state index contributed by atoms with van der Waals surface area (Å²) >= 11 is 0. The fraction of sp³-hybridized carbons (Fsp3) is 0.867. The molecule has 1 N–H and O–H groups in total. The highest BCUT2D eigenvalue weighted by Gasteiger charge is 2.57. The minimum absolute atomic E-state index is 0.200. The monoisotopic (exact) mass is 266 g/mol. The van der Waals surface area contributed by atoms with E-state index >= 15 is 0 Å². The molecule has 0 radical (unpaired) electrons. The van der Waals surface area contributed by atoms with E-state index in [-0.39, 0.29) is 11.3 Å². The highest BCUT2D eigenvalue weighted by molar-refractivity contribution is 5.67. The first-order valence-electron chi connectivity index (χ1n) is 6.88. The van der Waals surface area contributed by atoms with Crippen LogP contribution < -0.4 is 0 Å². The SMILES string of the molecule is CC(C)(C)N(C(=O)O)[C@@]1(C)CC[C@@H](CC#N)C1(C)C. The second-order valence-corrected chi connectivity index (χ2v) is 7.38. The molecule has 19 heavy (non-hydrogen) atoms. The summed E-state index contributed by atoms with van der Waals surface area (Å²) in [6.07, 6.45) is 1.35. The van der Waals surface area contributed by atoms with E-state index in [1.54, 1.807) is 4.90 Å². The van der Waals surface area contributed by atoms with Gasteiger partial charge in [0.1, 0.15) is 0 Å². The normalized spacial score (nSPS) is 29.8. The van der Waals surface area contributed by atoms with Crippen molar-refractivity contribution in [3.63, 3.8) is 0 Å². The van der Waals surface area contributed by atoms with Crippen LogP contribution in [0.4, 0.5) is 4.79 Å². The van der Waals surface area contributed by atoms with E-state index in [1.807, 2.05) is 27.7 Å². The third-order valence-electron chi connectivity index (χ3n) is 5.08. The first-order chi connectivity index (χ1) is 8.48. The van der Waals surface area contributed by atoms with Gasteiger partial charge in [0.05, 0.1) is 6.07 Å². The number of amides is 1. The second-order valence-electron chi connectivity index (χ2n) is 7.38. The molecule has 0 aromatic carbocycles. The molecule has 1 fully saturated rings. The number of carbonyl (C=O) groups is 1. The Kier molecular flexibility index (Phi) is 3.91. The molecule has 1 saturated carbocycles. The number of rotatable bonds is 2. The molecule has 0 aromatic heterocycles. The Labute approximate surface area is 116 Å². The van der Waals surface area contributed by atoms with Gasteiger partial charge >= 0.3 is 6.09 Å². The molecule has 108 valence electrons. The molecule has 1 amide bonds. The summed E-state index contributed by atoms with van der Waals surface area (Å²) < 4.78 is 0. The van der Waals surface area contributed by atoms with Crippen molar-refractivity contribution in [3.05, 3.63) is 0 Å². The zero-order valence-electron chi connectivity index (χ0n) is 12.9. The molecule has 4 heteroatoms. The Morgan fingerprint density at radius 1 is 1.42 bits per heavy atom. The Hall–Kier alpha value is -1.24. The molecular weight excluding hydrogens is 240 g/mol. The van der Waals surface area contributed by atoms with Crippen LogP contribution in [0.3, 0.4) is 0 Å². The maximum absolute atomic E-state index is 11.8. The highest BCUT2D eigenvalue weighted by Crippen LogP contribution is 2.55. The zero-order valence-corrected chi connectivity index (χ0v) is 12.9. The van der Waals surface area contributed by atoms with Crippen LogP contribution in [-0.4, -0.2) is 27.2 Å². The standard InChI is InChI=1S/C15H26N2O2/c1-13(2,3)17(12(18)19)15(6)9-7-11(8-10-16)14(15,4)5/h11H,7-9H2,1-6H3,(H,18,19)/t11-,15-/m0/s1. The third-order valence-corrected chi connectivity index (χ3v) is 5.08. The summed E-state index contributed by atoms with van der Waals surface area (Å²) in [4.78, 5) is 13.3. The summed E-state index contributed by atoms with van der Waals surface area (Å²) in [5.74, 6) is 0.256. The maximum atomic E-state index is 11.8. The largest absolute Gasteiger partial charge is 0.465 e. The predicted octanol–water partition coefficient (Wildman–Crippen LogP) is 3.87. The zero-order chi connectivity index (χ0) is 15.1. The van der Waals surface area contributed by atoms with Crippen molar-refractivity contribution in [1.29, 1.82) is 5.26 Å². The topological polar surface area (TPSA) is 64.3 Å². The molecule has 0 aromatic rings. The number of hydrogen-bond donors (Lipinski definition) is 1. The smallest absolute Gasteiger partial charge is 0.408 e. The lowest BCUT2D eigenvalue weighted by molar-refractivity contribution is -0.0353. The minimum atomic E-state index is -0.874. The summed E-state index contributed by atoms with van der Waals surface area (Å²) in [5, 5.41) is 18.6. The molecule has 0 aliphatic heterocycles. The van der Waals surface area contributed by atoms with Crippen LogP contribution in [0.2, 0.25) is 0 Å². The van der Waals surface area contributed by atoms with Crippen LogP contribution in [0.5, 0.6) is 0 Å². The molecule has 1 aliphatic rings. The van der Waals surface area contributed by atoms with E-state index in [0.29, 0.717) is 6.42 Å². The van der Waals surface area contributed by atoms with Gasteiger partial charge in [-0.3, -0.25) is 4.90 Å². The van der Waals surface area contributed by atoms with Gasteiger partial charge in [-0.25, -0.2) is 4.79 Å². The molecule has 1 rings (SSSR count). The number of carboxylic acid groups (broad SMARTS) is 1. The number of nitriles is 1. The lowest BCUT2D eigenvalue weighted by Gasteiger charge is -2.53. The van der Waals surface area contributed by atoms with Gasteiger partial charge in [0, 0.05) is 17.5 Å². The van der Waals surface area contributed by atoms with E-state index in [1.165, 1.54) is 0 Å². The van der Waals surface area contributed by atoms with Crippen LogP contribution in [-0.2, 0) is 0 Å². The molecule has 0 heterocycles. The van der Waals surface area contributed by atoms with Gasteiger partial charge in [0.15, 0.2) is 0 Å². The summed E-state index contributed by atoms with van der Waals surface area (Å²) in [6, 6.07) is 2.24. The van der Waals surface area contributed by atoms with Crippen LogP contribution in [0.25, 0.3) is 0 Å². The van der Waals surface area contributed by atoms with E-state index in [2.05, 4.69) is 19.9 Å². The van der Waals surface area contributed by atoms with E-state index < -0.39 is 17.2 Å². The van der Waals surface area contributed by atoms with Crippen molar-refractivity contribution < 1.29 is 9.90 Å². The molecule has 0 bridgehead atoms. The summed E-state index contributed by atoms with van der Waals surface area (Å²) in [6.45, 7) is 12.0. The Balaban J connectivity index is 3.23. The van der Waals surface area contributed by atoms with Crippen LogP contribution in [0.15, 0.2) is 0 Å². The van der Waals surface area contributed by atoms with Crippen molar-refractivity contribution in [2.75, 3.05) is 0 Å². The molecular formula is C15H26N2O2. The van der Waals surface area contributed by atoms with E-state index in [4.69, 9.17) is 5.26 Å². The van der Waals surface area contributed by atoms with Crippen LogP contribution >= 0.6 is 0 Å². The van der Waals surface area contributed by atoms with Gasteiger partial charge in [-0.1, -0.05) is 13.8 Å². The average molecular weight is 266 g/mol. The van der Waals surface area contributed by atoms with Crippen LogP contribution in [0, 0.1) is 22.7 Å². The molecule has 1 aliphatic carbocycles. The van der Waals surface area contributed by atoms with Crippen molar-refractivity contribution >= 4 is 6.09 Å².